The first-order chi connectivity index (χ1) is 11.6. The molecule has 0 unspecified atom stereocenters. The first-order valence-electron chi connectivity index (χ1n) is 7.71. The number of carbonyl (C=O) groups is 1. The van der Waals surface area contributed by atoms with Crippen LogP contribution in [0.4, 0.5) is 0 Å². The van der Waals surface area contributed by atoms with Gasteiger partial charge in [-0.3, -0.25) is 4.79 Å². The summed E-state index contributed by atoms with van der Waals surface area (Å²) in [4.78, 5) is 16.7. The van der Waals surface area contributed by atoms with Crippen molar-refractivity contribution in [3.63, 3.8) is 0 Å². The summed E-state index contributed by atoms with van der Waals surface area (Å²) in [7, 11) is 0. The van der Waals surface area contributed by atoms with E-state index in [9.17, 15) is 4.79 Å². The van der Waals surface area contributed by atoms with Crippen molar-refractivity contribution >= 4 is 40.1 Å². The Labute approximate surface area is 150 Å². The number of halogens is 2. The maximum atomic E-state index is 12.2. The van der Waals surface area contributed by atoms with E-state index in [2.05, 4.69) is 20.9 Å². The van der Waals surface area contributed by atoms with Crippen LogP contribution < -0.4 is 5.32 Å². The molecule has 0 radical (unpaired) electrons. The van der Waals surface area contributed by atoms with Crippen molar-refractivity contribution in [1.29, 1.82) is 0 Å². The molecule has 0 aliphatic rings. The minimum Gasteiger partial charge on any atom is -0.352 e. The maximum absolute atomic E-state index is 12.2. The molecule has 0 atom stereocenters. The van der Waals surface area contributed by atoms with Gasteiger partial charge in [-0.05, 0) is 43.7 Å². The van der Waals surface area contributed by atoms with Crippen molar-refractivity contribution in [3.05, 3.63) is 63.9 Å². The zero-order valence-electron chi connectivity index (χ0n) is 13.2. The van der Waals surface area contributed by atoms with Gasteiger partial charge in [0.25, 0.3) is 5.91 Å². The molecule has 1 heterocycles. The molecule has 4 nitrogen and oxygen atoms in total. The Balaban J connectivity index is 1.58. The molecule has 3 aromatic rings. The van der Waals surface area contributed by atoms with Gasteiger partial charge in [0, 0.05) is 18.1 Å². The summed E-state index contributed by atoms with van der Waals surface area (Å²) in [6.45, 7) is 3.34. The first-order valence-corrected chi connectivity index (χ1v) is 8.47. The SMILES string of the molecule is Cc1nc2ccccc2n1CCCNC(=O)c1ccc(Cl)cc1Cl. The number of hydrogen-bond donors (Lipinski definition) is 1. The van der Waals surface area contributed by atoms with Crippen molar-refractivity contribution in [2.45, 2.75) is 19.9 Å². The highest BCUT2D eigenvalue weighted by molar-refractivity contribution is 6.36. The maximum Gasteiger partial charge on any atom is 0.252 e. The zero-order chi connectivity index (χ0) is 17.1. The van der Waals surface area contributed by atoms with Crippen LogP contribution in [0, 0.1) is 6.92 Å². The van der Waals surface area contributed by atoms with Gasteiger partial charge >= 0.3 is 0 Å². The number of benzene rings is 2. The van der Waals surface area contributed by atoms with Crippen molar-refractivity contribution in [2.75, 3.05) is 6.54 Å². The number of amides is 1. The molecule has 124 valence electrons. The van der Waals surface area contributed by atoms with E-state index in [1.807, 2.05) is 25.1 Å². The fraction of sp³-hybridized carbons (Fsp3) is 0.222. The highest BCUT2D eigenvalue weighted by Gasteiger charge is 2.10. The number of aromatic nitrogens is 2. The summed E-state index contributed by atoms with van der Waals surface area (Å²) in [5, 5.41) is 3.76. The van der Waals surface area contributed by atoms with E-state index in [0.29, 0.717) is 22.2 Å². The lowest BCUT2D eigenvalue weighted by molar-refractivity contribution is 0.0953. The largest absolute Gasteiger partial charge is 0.352 e. The van der Waals surface area contributed by atoms with Crippen molar-refractivity contribution < 1.29 is 4.79 Å². The minimum absolute atomic E-state index is 0.191. The van der Waals surface area contributed by atoms with Crippen LogP contribution in [0.2, 0.25) is 10.0 Å². The van der Waals surface area contributed by atoms with Crippen LogP contribution in [-0.4, -0.2) is 22.0 Å². The van der Waals surface area contributed by atoms with E-state index >= 15 is 0 Å². The molecule has 0 aliphatic heterocycles. The average Bonchev–Trinajstić information content (AvgIpc) is 2.87. The number of hydrogen-bond acceptors (Lipinski definition) is 2. The van der Waals surface area contributed by atoms with Gasteiger partial charge in [-0.15, -0.1) is 0 Å². The number of rotatable bonds is 5. The van der Waals surface area contributed by atoms with E-state index in [4.69, 9.17) is 23.2 Å². The third kappa shape index (κ3) is 3.55. The molecule has 1 amide bonds. The Morgan fingerprint density at radius 3 is 2.79 bits per heavy atom. The zero-order valence-corrected chi connectivity index (χ0v) is 14.7. The molecule has 0 saturated carbocycles. The summed E-state index contributed by atoms with van der Waals surface area (Å²) in [5.74, 6) is 0.784. The van der Waals surface area contributed by atoms with Crippen molar-refractivity contribution in [2.24, 2.45) is 0 Å². The van der Waals surface area contributed by atoms with Crippen LogP contribution in [-0.2, 0) is 6.54 Å². The predicted molar refractivity (Wildman–Crippen MR) is 97.9 cm³/mol. The lowest BCUT2D eigenvalue weighted by atomic mass is 10.2. The Morgan fingerprint density at radius 1 is 1.21 bits per heavy atom. The third-order valence-electron chi connectivity index (χ3n) is 3.87. The molecule has 24 heavy (non-hydrogen) atoms. The molecule has 0 fully saturated rings. The van der Waals surface area contributed by atoms with E-state index in [-0.39, 0.29) is 5.91 Å². The fourth-order valence-electron chi connectivity index (χ4n) is 2.69. The van der Waals surface area contributed by atoms with Crippen LogP contribution in [0.5, 0.6) is 0 Å². The molecule has 0 aliphatic carbocycles. The molecule has 1 aromatic heterocycles. The van der Waals surface area contributed by atoms with Crippen LogP contribution >= 0.6 is 23.2 Å². The summed E-state index contributed by atoms with van der Waals surface area (Å²) >= 11 is 11.9. The van der Waals surface area contributed by atoms with Gasteiger partial charge in [-0.1, -0.05) is 35.3 Å². The number of nitrogens with one attached hydrogen (secondary N) is 1. The van der Waals surface area contributed by atoms with E-state index < -0.39 is 0 Å². The second-order valence-electron chi connectivity index (χ2n) is 5.53. The van der Waals surface area contributed by atoms with Gasteiger partial charge in [-0.25, -0.2) is 4.98 Å². The van der Waals surface area contributed by atoms with Gasteiger partial charge in [0.1, 0.15) is 5.82 Å². The monoisotopic (exact) mass is 361 g/mol. The Morgan fingerprint density at radius 2 is 2.00 bits per heavy atom. The summed E-state index contributed by atoms with van der Waals surface area (Å²) < 4.78 is 2.16. The van der Waals surface area contributed by atoms with E-state index in [0.717, 1.165) is 29.8 Å². The third-order valence-corrected chi connectivity index (χ3v) is 4.41. The second kappa shape index (κ2) is 7.24. The Hall–Kier alpha value is -2.04. The first kappa shape index (κ1) is 16.8. The fourth-order valence-corrected chi connectivity index (χ4v) is 3.18. The lowest BCUT2D eigenvalue weighted by Gasteiger charge is -2.09. The predicted octanol–water partition coefficient (Wildman–Crippen LogP) is 4.47. The molecule has 2 aromatic carbocycles. The number of carbonyl (C=O) groups excluding carboxylic acids is 1. The number of fused-ring (bicyclic) bond motifs is 1. The lowest BCUT2D eigenvalue weighted by Crippen LogP contribution is -2.25. The normalized spacial score (nSPS) is 11.0. The van der Waals surface area contributed by atoms with Crippen LogP contribution in [0.25, 0.3) is 11.0 Å². The highest BCUT2D eigenvalue weighted by Crippen LogP contribution is 2.21. The van der Waals surface area contributed by atoms with Crippen LogP contribution in [0.15, 0.2) is 42.5 Å². The van der Waals surface area contributed by atoms with E-state index in [1.165, 1.54) is 0 Å². The average molecular weight is 362 g/mol. The molecule has 0 bridgehead atoms. The molecule has 6 heteroatoms. The Kier molecular flexibility index (Phi) is 5.07. The molecular weight excluding hydrogens is 345 g/mol. The van der Waals surface area contributed by atoms with Gasteiger partial charge in [0.2, 0.25) is 0 Å². The highest BCUT2D eigenvalue weighted by atomic mass is 35.5. The number of aryl methyl sites for hydroxylation is 2. The standard InChI is InChI=1S/C18H17Cl2N3O/c1-12-22-16-5-2-3-6-17(16)23(12)10-4-9-21-18(24)14-8-7-13(19)11-15(14)20/h2-3,5-8,11H,4,9-10H2,1H3,(H,21,24). The molecule has 3 rings (SSSR count). The second-order valence-corrected chi connectivity index (χ2v) is 6.38. The number of para-hydroxylation sites is 2. The molecule has 1 N–H and O–H groups in total. The Bertz CT molecular complexity index is 889. The van der Waals surface area contributed by atoms with Gasteiger partial charge < -0.3 is 9.88 Å². The molecular formula is C18H17Cl2N3O. The van der Waals surface area contributed by atoms with Gasteiger partial charge in [0.05, 0.1) is 21.6 Å². The topological polar surface area (TPSA) is 46.9 Å². The summed E-state index contributed by atoms with van der Waals surface area (Å²) in [6.07, 6.45) is 0.804. The van der Waals surface area contributed by atoms with Gasteiger partial charge in [0.15, 0.2) is 0 Å². The number of imidazole rings is 1. The van der Waals surface area contributed by atoms with E-state index in [1.54, 1.807) is 18.2 Å². The summed E-state index contributed by atoms with van der Waals surface area (Å²) in [5.41, 5.74) is 2.54. The van der Waals surface area contributed by atoms with Crippen LogP contribution in [0.1, 0.15) is 22.6 Å². The summed E-state index contributed by atoms with van der Waals surface area (Å²) in [6, 6.07) is 12.9. The van der Waals surface area contributed by atoms with Gasteiger partial charge in [-0.2, -0.15) is 0 Å². The quantitative estimate of drug-likeness (QED) is 0.681. The van der Waals surface area contributed by atoms with Crippen molar-refractivity contribution in [3.8, 4) is 0 Å². The minimum atomic E-state index is -0.191. The molecule has 0 saturated heterocycles. The number of nitrogens with zero attached hydrogens (tertiary/aromatic N) is 2. The van der Waals surface area contributed by atoms with Crippen molar-refractivity contribution in [1.82, 2.24) is 14.9 Å². The van der Waals surface area contributed by atoms with Crippen LogP contribution in [0.3, 0.4) is 0 Å². The smallest absolute Gasteiger partial charge is 0.252 e. The molecule has 0 spiro atoms.